The molecule has 0 spiro atoms. The molecule has 0 radical (unpaired) electrons. The van der Waals surface area contributed by atoms with Crippen molar-refractivity contribution in [1.29, 1.82) is 0 Å². The van der Waals surface area contributed by atoms with Crippen LogP contribution >= 0.6 is 11.3 Å². The molecule has 90 valence electrons. The molecule has 2 rings (SSSR count). The minimum Gasteiger partial charge on any atom is -0.387 e. The van der Waals surface area contributed by atoms with E-state index in [1.165, 1.54) is 25.7 Å². The maximum Gasteiger partial charge on any atom is 0.0949 e. The third kappa shape index (κ3) is 2.31. The topological polar surface area (TPSA) is 46.2 Å². The van der Waals surface area contributed by atoms with Gasteiger partial charge in [-0.2, -0.15) is 0 Å². The highest BCUT2D eigenvalue weighted by Crippen LogP contribution is 2.45. The van der Waals surface area contributed by atoms with Gasteiger partial charge in [0.25, 0.3) is 0 Å². The molecule has 16 heavy (non-hydrogen) atoms. The fraction of sp³-hybridized carbons (Fsp3) is 0.692. The van der Waals surface area contributed by atoms with Crippen LogP contribution in [-0.2, 0) is 0 Å². The predicted molar refractivity (Wildman–Crippen MR) is 68.5 cm³/mol. The van der Waals surface area contributed by atoms with Gasteiger partial charge in [-0.05, 0) is 24.3 Å². The first-order valence-electron chi connectivity index (χ1n) is 6.20. The first-order chi connectivity index (χ1) is 7.78. The van der Waals surface area contributed by atoms with Gasteiger partial charge in [-0.25, -0.2) is 0 Å². The lowest BCUT2D eigenvalue weighted by Gasteiger charge is -2.36. The first kappa shape index (κ1) is 12.1. The molecule has 1 atom stereocenters. The second-order valence-electron chi connectivity index (χ2n) is 4.90. The van der Waals surface area contributed by atoms with E-state index in [2.05, 4.69) is 0 Å². The Labute approximate surface area is 101 Å². The van der Waals surface area contributed by atoms with Gasteiger partial charge in [-0.1, -0.05) is 31.7 Å². The van der Waals surface area contributed by atoms with E-state index in [9.17, 15) is 5.11 Å². The molecule has 1 heterocycles. The molecule has 1 unspecified atom stereocenters. The summed E-state index contributed by atoms with van der Waals surface area (Å²) < 4.78 is 0. The van der Waals surface area contributed by atoms with Gasteiger partial charge >= 0.3 is 0 Å². The summed E-state index contributed by atoms with van der Waals surface area (Å²) in [5.74, 6) is 0. The van der Waals surface area contributed by atoms with E-state index in [1.807, 2.05) is 17.5 Å². The Hall–Kier alpha value is -0.380. The minimum absolute atomic E-state index is 0.0681. The van der Waals surface area contributed by atoms with E-state index >= 15 is 0 Å². The lowest BCUT2D eigenvalue weighted by atomic mass is 9.75. The SMILES string of the molecule is NCC1(C(O)c2cccs2)CCCCCC1. The van der Waals surface area contributed by atoms with Gasteiger partial charge in [0, 0.05) is 16.8 Å². The van der Waals surface area contributed by atoms with Crippen molar-refractivity contribution in [3.05, 3.63) is 22.4 Å². The zero-order chi connectivity index (χ0) is 11.4. The summed E-state index contributed by atoms with van der Waals surface area (Å²) >= 11 is 1.64. The largest absolute Gasteiger partial charge is 0.387 e. The smallest absolute Gasteiger partial charge is 0.0949 e. The summed E-state index contributed by atoms with van der Waals surface area (Å²) in [6, 6.07) is 4.03. The van der Waals surface area contributed by atoms with Crippen molar-refractivity contribution in [2.75, 3.05) is 6.54 Å². The molecular formula is C13H21NOS. The highest BCUT2D eigenvalue weighted by Gasteiger charge is 2.38. The predicted octanol–water partition coefficient (Wildman–Crippen LogP) is 3.08. The van der Waals surface area contributed by atoms with Crippen molar-refractivity contribution in [2.24, 2.45) is 11.1 Å². The number of thiophene rings is 1. The van der Waals surface area contributed by atoms with Crippen LogP contribution in [0.25, 0.3) is 0 Å². The van der Waals surface area contributed by atoms with Gasteiger partial charge < -0.3 is 10.8 Å². The van der Waals surface area contributed by atoms with Crippen molar-refractivity contribution in [3.8, 4) is 0 Å². The number of aliphatic hydroxyl groups excluding tert-OH is 1. The third-order valence-corrected chi connectivity index (χ3v) is 4.82. The lowest BCUT2D eigenvalue weighted by Crippen LogP contribution is -2.36. The van der Waals surface area contributed by atoms with Crippen molar-refractivity contribution in [2.45, 2.75) is 44.6 Å². The average Bonchev–Trinajstić information content (AvgIpc) is 2.73. The molecule has 1 aromatic rings. The van der Waals surface area contributed by atoms with Crippen molar-refractivity contribution in [1.82, 2.24) is 0 Å². The number of aliphatic hydroxyl groups is 1. The van der Waals surface area contributed by atoms with E-state index < -0.39 is 0 Å². The highest BCUT2D eigenvalue weighted by molar-refractivity contribution is 7.10. The Kier molecular flexibility index (Phi) is 4.00. The minimum atomic E-state index is -0.365. The van der Waals surface area contributed by atoms with E-state index in [0.29, 0.717) is 6.54 Å². The van der Waals surface area contributed by atoms with E-state index in [4.69, 9.17) is 5.73 Å². The van der Waals surface area contributed by atoms with Crippen LogP contribution in [0.4, 0.5) is 0 Å². The molecule has 2 nitrogen and oxygen atoms in total. The lowest BCUT2D eigenvalue weighted by molar-refractivity contribution is 0.0193. The second-order valence-corrected chi connectivity index (χ2v) is 5.88. The average molecular weight is 239 g/mol. The van der Waals surface area contributed by atoms with Crippen LogP contribution < -0.4 is 5.73 Å². The zero-order valence-electron chi connectivity index (χ0n) is 9.69. The fourth-order valence-corrected chi connectivity index (χ4v) is 3.62. The van der Waals surface area contributed by atoms with Crippen LogP contribution in [0.15, 0.2) is 17.5 Å². The Morgan fingerprint density at radius 3 is 2.50 bits per heavy atom. The molecule has 1 fully saturated rings. The number of nitrogens with two attached hydrogens (primary N) is 1. The van der Waals surface area contributed by atoms with Crippen LogP contribution in [0.3, 0.4) is 0 Å². The third-order valence-electron chi connectivity index (χ3n) is 3.90. The summed E-state index contributed by atoms with van der Waals surface area (Å²) in [6.45, 7) is 0.603. The molecule has 1 aliphatic carbocycles. The van der Waals surface area contributed by atoms with E-state index in [0.717, 1.165) is 17.7 Å². The normalized spacial score (nSPS) is 22.6. The highest BCUT2D eigenvalue weighted by atomic mass is 32.1. The molecular weight excluding hydrogens is 218 g/mol. The molecule has 0 saturated heterocycles. The van der Waals surface area contributed by atoms with Crippen molar-refractivity contribution < 1.29 is 5.11 Å². The first-order valence-corrected chi connectivity index (χ1v) is 7.08. The quantitative estimate of drug-likeness (QED) is 0.796. The molecule has 0 aliphatic heterocycles. The van der Waals surface area contributed by atoms with Crippen LogP contribution in [0, 0.1) is 5.41 Å². The van der Waals surface area contributed by atoms with Crippen molar-refractivity contribution in [3.63, 3.8) is 0 Å². The monoisotopic (exact) mass is 239 g/mol. The summed E-state index contributed by atoms with van der Waals surface area (Å²) in [5.41, 5.74) is 5.89. The summed E-state index contributed by atoms with van der Waals surface area (Å²) in [6.07, 6.45) is 6.78. The summed E-state index contributed by atoms with van der Waals surface area (Å²) in [5, 5.41) is 12.6. The molecule has 1 aliphatic rings. The molecule has 3 heteroatoms. The van der Waals surface area contributed by atoms with Crippen LogP contribution in [0.1, 0.15) is 49.5 Å². The maximum absolute atomic E-state index is 10.5. The van der Waals surface area contributed by atoms with Gasteiger partial charge in [0.2, 0.25) is 0 Å². The van der Waals surface area contributed by atoms with Gasteiger partial charge in [0.1, 0.15) is 0 Å². The van der Waals surface area contributed by atoms with Gasteiger partial charge in [0.05, 0.1) is 6.10 Å². The van der Waals surface area contributed by atoms with Gasteiger partial charge in [0.15, 0.2) is 0 Å². The molecule has 0 amide bonds. The fourth-order valence-electron chi connectivity index (χ4n) is 2.77. The second kappa shape index (κ2) is 5.30. The van der Waals surface area contributed by atoms with Gasteiger partial charge in [-0.3, -0.25) is 0 Å². The summed E-state index contributed by atoms with van der Waals surface area (Å²) in [4.78, 5) is 1.08. The Morgan fingerprint density at radius 2 is 2.00 bits per heavy atom. The summed E-state index contributed by atoms with van der Waals surface area (Å²) in [7, 11) is 0. The molecule has 1 aromatic heterocycles. The van der Waals surface area contributed by atoms with Crippen molar-refractivity contribution >= 4 is 11.3 Å². The number of rotatable bonds is 3. The number of hydrogen-bond acceptors (Lipinski definition) is 3. The number of hydrogen-bond donors (Lipinski definition) is 2. The van der Waals surface area contributed by atoms with E-state index in [1.54, 1.807) is 11.3 Å². The Bertz CT molecular complexity index is 302. The van der Waals surface area contributed by atoms with Crippen LogP contribution in [0.2, 0.25) is 0 Å². The molecule has 0 bridgehead atoms. The Balaban J connectivity index is 2.18. The van der Waals surface area contributed by atoms with E-state index in [-0.39, 0.29) is 11.5 Å². The van der Waals surface area contributed by atoms with Crippen LogP contribution in [0.5, 0.6) is 0 Å². The molecule has 1 saturated carbocycles. The van der Waals surface area contributed by atoms with Crippen LogP contribution in [-0.4, -0.2) is 11.7 Å². The van der Waals surface area contributed by atoms with Gasteiger partial charge in [-0.15, -0.1) is 11.3 Å². The Morgan fingerprint density at radius 1 is 1.31 bits per heavy atom. The standard InChI is InChI=1S/C13H21NOS/c14-10-13(7-3-1-2-4-8-13)12(15)11-6-5-9-16-11/h5-6,9,12,15H,1-4,7-8,10,14H2. The maximum atomic E-state index is 10.5. The molecule has 3 N–H and O–H groups in total. The zero-order valence-corrected chi connectivity index (χ0v) is 10.5. The molecule has 0 aromatic carbocycles.